The Balaban J connectivity index is 1.81. The molecular weight excluding hydrogens is 276 g/mol. The normalized spacial score (nSPS) is 18.4. The molecule has 2 heterocycles. The fourth-order valence-electron chi connectivity index (χ4n) is 2.36. The summed E-state index contributed by atoms with van der Waals surface area (Å²) in [5.41, 5.74) is 10.3. The Hall–Kier alpha value is -0.980. The topological polar surface area (TPSA) is 55.0 Å². The number of hydrogen-bond acceptors (Lipinski definition) is 6. The standard InChI is InChI=1S/C13H18N4S2/c1-8-11(18-7-15-8)6-17(2)13-16-12-9(14)4-3-5-10(12)19-13/h7,9H,3-6,14H2,1-2H3. The highest BCUT2D eigenvalue weighted by Gasteiger charge is 2.23. The van der Waals surface area contributed by atoms with E-state index in [2.05, 4.69) is 23.9 Å². The van der Waals surface area contributed by atoms with Crippen molar-refractivity contribution < 1.29 is 0 Å². The summed E-state index contributed by atoms with van der Waals surface area (Å²) in [6.07, 6.45) is 3.38. The summed E-state index contributed by atoms with van der Waals surface area (Å²) in [6.45, 7) is 2.93. The van der Waals surface area contributed by atoms with Crippen molar-refractivity contribution in [2.75, 3.05) is 11.9 Å². The zero-order valence-corrected chi connectivity index (χ0v) is 12.9. The van der Waals surface area contributed by atoms with Gasteiger partial charge in [-0.15, -0.1) is 22.7 Å². The highest BCUT2D eigenvalue weighted by atomic mass is 32.1. The van der Waals surface area contributed by atoms with Crippen molar-refractivity contribution in [3.63, 3.8) is 0 Å². The zero-order valence-electron chi connectivity index (χ0n) is 11.2. The second-order valence-electron chi connectivity index (χ2n) is 5.02. The van der Waals surface area contributed by atoms with Gasteiger partial charge in [0.25, 0.3) is 0 Å². The van der Waals surface area contributed by atoms with E-state index in [-0.39, 0.29) is 6.04 Å². The Labute approximate surface area is 121 Å². The molecule has 0 fully saturated rings. The molecule has 6 heteroatoms. The van der Waals surface area contributed by atoms with E-state index >= 15 is 0 Å². The Morgan fingerprint density at radius 1 is 1.53 bits per heavy atom. The lowest BCUT2D eigenvalue weighted by Crippen LogP contribution is -2.18. The summed E-state index contributed by atoms with van der Waals surface area (Å²) in [6, 6.07) is 0.132. The molecule has 0 spiro atoms. The fraction of sp³-hybridized carbons (Fsp3) is 0.538. The quantitative estimate of drug-likeness (QED) is 0.945. The smallest absolute Gasteiger partial charge is 0.185 e. The van der Waals surface area contributed by atoms with Gasteiger partial charge >= 0.3 is 0 Å². The minimum atomic E-state index is 0.132. The molecule has 3 rings (SSSR count). The highest BCUT2D eigenvalue weighted by Crippen LogP contribution is 2.35. The summed E-state index contributed by atoms with van der Waals surface area (Å²) < 4.78 is 0. The second-order valence-corrected chi connectivity index (χ2v) is 7.02. The minimum absolute atomic E-state index is 0.132. The van der Waals surface area contributed by atoms with Crippen molar-refractivity contribution in [1.29, 1.82) is 0 Å². The first-order chi connectivity index (χ1) is 9.15. The number of aromatic nitrogens is 2. The predicted molar refractivity (Wildman–Crippen MR) is 80.9 cm³/mol. The molecule has 4 nitrogen and oxygen atoms in total. The molecule has 0 aliphatic heterocycles. The molecule has 0 aromatic carbocycles. The number of thiazole rings is 2. The number of anilines is 1. The third kappa shape index (κ3) is 2.52. The van der Waals surface area contributed by atoms with Crippen LogP contribution in [0.15, 0.2) is 5.51 Å². The van der Waals surface area contributed by atoms with E-state index < -0.39 is 0 Å². The van der Waals surface area contributed by atoms with Crippen LogP contribution in [0.5, 0.6) is 0 Å². The largest absolute Gasteiger partial charge is 0.346 e. The van der Waals surface area contributed by atoms with Gasteiger partial charge in [-0.1, -0.05) is 0 Å². The maximum Gasteiger partial charge on any atom is 0.185 e. The van der Waals surface area contributed by atoms with Gasteiger partial charge in [0.1, 0.15) is 0 Å². The van der Waals surface area contributed by atoms with Gasteiger partial charge in [0.05, 0.1) is 23.4 Å². The SMILES string of the molecule is Cc1ncsc1CN(C)c1nc2c(s1)CCCC2N. The van der Waals surface area contributed by atoms with Crippen LogP contribution in [0.2, 0.25) is 0 Å². The van der Waals surface area contributed by atoms with Crippen LogP contribution in [0.1, 0.15) is 40.0 Å². The van der Waals surface area contributed by atoms with E-state index in [4.69, 9.17) is 10.7 Å². The van der Waals surface area contributed by atoms with E-state index in [9.17, 15) is 0 Å². The molecule has 102 valence electrons. The van der Waals surface area contributed by atoms with Gasteiger partial charge < -0.3 is 10.6 Å². The van der Waals surface area contributed by atoms with Crippen molar-refractivity contribution in [1.82, 2.24) is 9.97 Å². The van der Waals surface area contributed by atoms with Crippen LogP contribution in [0.3, 0.4) is 0 Å². The molecule has 0 amide bonds. The Kier molecular flexibility index (Phi) is 3.56. The zero-order chi connectivity index (χ0) is 13.4. The number of nitrogens with zero attached hydrogens (tertiary/aromatic N) is 3. The van der Waals surface area contributed by atoms with Gasteiger partial charge in [0.15, 0.2) is 5.13 Å². The molecule has 1 aliphatic rings. The first-order valence-corrected chi connectivity index (χ1v) is 8.20. The Morgan fingerprint density at radius 3 is 3.05 bits per heavy atom. The van der Waals surface area contributed by atoms with E-state index in [1.54, 1.807) is 22.7 Å². The van der Waals surface area contributed by atoms with Crippen LogP contribution in [-0.2, 0) is 13.0 Å². The minimum Gasteiger partial charge on any atom is -0.346 e. The number of fused-ring (bicyclic) bond motifs is 1. The van der Waals surface area contributed by atoms with Crippen LogP contribution in [0.4, 0.5) is 5.13 Å². The summed E-state index contributed by atoms with van der Waals surface area (Å²) in [7, 11) is 2.09. The van der Waals surface area contributed by atoms with Crippen LogP contribution in [0, 0.1) is 6.92 Å². The van der Waals surface area contributed by atoms with Gasteiger partial charge in [-0.3, -0.25) is 0 Å². The van der Waals surface area contributed by atoms with Crippen LogP contribution in [-0.4, -0.2) is 17.0 Å². The van der Waals surface area contributed by atoms with Crippen molar-refractivity contribution in [2.24, 2.45) is 5.73 Å². The molecule has 0 radical (unpaired) electrons. The first-order valence-electron chi connectivity index (χ1n) is 6.50. The molecule has 1 unspecified atom stereocenters. The van der Waals surface area contributed by atoms with Gasteiger partial charge in [0, 0.05) is 22.8 Å². The van der Waals surface area contributed by atoms with Crippen molar-refractivity contribution in [3.8, 4) is 0 Å². The Morgan fingerprint density at radius 2 is 2.37 bits per heavy atom. The van der Waals surface area contributed by atoms with E-state index in [0.29, 0.717) is 0 Å². The molecule has 1 aliphatic carbocycles. The van der Waals surface area contributed by atoms with Crippen molar-refractivity contribution >= 4 is 27.8 Å². The van der Waals surface area contributed by atoms with E-state index in [1.165, 1.54) is 16.2 Å². The molecule has 2 aromatic heterocycles. The predicted octanol–water partition coefficient (Wildman–Crippen LogP) is 2.88. The monoisotopic (exact) mass is 294 g/mol. The lowest BCUT2D eigenvalue weighted by molar-refractivity contribution is 0.563. The van der Waals surface area contributed by atoms with Crippen LogP contribution < -0.4 is 10.6 Å². The molecule has 1 atom stereocenters. The van der Waals surface area contributed by atoms with Gasteiger partial charge in [-0.25, -0.2) is 9.97 Å². The number of rotatable bonds is 3. The van der Waals surface area contributed by atoms with Gasteiger partial charge in [-0.05, 0) is 26.2 Å². The summed E-state index contributed by atoms with van der Waals surface area (Å²) in [4.78, 5) is 13.9. The summed E-state index contributed by atoms with van der Waals surface area (Å²) in [5.74, 6) is 0. The van der Waals surface area contributed by atoms with Crippen molar-refractivity contribution in [3.05, 3.63) is 26.7 Å². The molecule has 2 aromatic rings. The lowest BCUT2D eigenvalue weighted by Gasteiger charge is -2.16. The third-order valence-electron chi connectivity index (χ3n) is 3.54. The van der Waals surface area contributed by atoms with Crippen molar-refractivity contribution in [2.45, 2.75) is 38.8 Å². The summed E-state index contributed by atoms with van der Waals surface area (Å²) in [5, 5.41) is 1.08. The summed E-state index contributed by atoms with van der Waals surface area (Å²) >= 11 is 3.50. The first kappa shape index (κ1) is 13.0. The molecule has 2 N–H and O–H groups in total. The molecule has 0 bridgehead atoms. The molecule has 0 saturated heterocycles. The molecule has 19 heavy (non-hydrogen) atoms. The number of nitrogens with two attached hydrogens (primary N) is 1. The van der Waals surface area contributed by atoms with Crippen LogP contribution in [0.25, 0.3) is 0 Å². The van der Waals surface area contributed by atoms with E-state index in [0.717, 1.165) is 35.9 Å². The second kappa shape index (κ2) is 5.19. The lowest BCUT2D eigenvalue weighted by atomic mass is 9.99. The average Bonchev–Trinajstić information content (AvgIpc) is 2.97. The van der Waals surface area contributed by atoms with Gasteiger partial charge in [-0.2, -0.15) is 0 Å². The average molecular weight is 294 g/mol. The molecule has 0 saturated carbocycles. The number of hydrogen-bond donors (Lipinski definition) is 1. The van der Waals surface area contributed by atoms with E-state index in [1.807, 2.05) is 5.51 Å². The number of aryl methyl sites for hydroxylation is 2. The van der Waals surface area contributed by atoms with Gasteiger partial charge in [0.2, 0.25) is 0 Å². The van der Waals surface area contributed by atoms with Crippen LogP contribution >= 0.6 is 22.7 Å². The molecular formula is C13H18N4S2. The Bertz CT molecular complexity index is 575. The highest BCUT2D eigenvalue weighted by molar-refractivity contribution is 7.15. The fourth-order valence-corrected chi connectivity index (χ4v) is 4.33. The third-order valence-corrected chi connectivity index (χ3v) is 5.70. The maximum atomic E-state index is 6.14. The maximum absolute atomic E-state index is 6.14.